The third kappa shape index (κ3) is 5.21. The van der Waals surface area contributed by atoms with Crippen molar-refractivity contribution in [2.24, 2.45) is 0 Å². The monoisotopic (exact) mass is 428 g/mol. The topological polar surface area (TPSA) is 84.5 Å². The Hall–Kier alpha value is -1.64. The van der Waals surface area contributed by atoms with E-state index >= 15 is 0 Å². The number of amides is 1. The summed E-state index contributed by atoms with van der Waals surface area (Å²) in [5.74, 6) is -0.407. The number of benzene rings is 2. The second-order valence-corrected chi connectivity index (χ2v) is 8.70. The molecule has 2 N–H and O–H groups in total. The van der Waals surface area contributed by atoms with Gasteiger partial charge in [-0.05, 0) is 55.3 Å². The minimum atomic E-state index is -3.66. The second kappa shape index (κ2) is 8.58. The van der Waals surface area contributed by atoms with E-state index in [1.54, 1.807) is 12.1 Å². The highest BCUT2D eigenvalue weighted by molar-refractivity contribution is 7.89. The van der Waals surface area contributed by atoms with E-state index in [-0.39, 0.29) is 17.5 Å². The van der Waals surface area contributed by atoms with Crippen molar-refractivity contribution in [2.45, 2.75) is 23.8 Å². The number of sulfonamides is 1. The summed E-state index contributed by atoms with van der Waals surface area (Å²) in [5, 5.41) is 3.44. The number of hydrogen-bond acceptors (Lipinski definition) is 4. The molecule has 0 bridgehead atoms. The third-order valence-electron chi connectivity index (χ3n) is 4.13. The summed E-state index contributed by atoms with van der Waals surface area (Å²) in [6, 6.07) is 10.4. The van der Waals surface area contributed by atoms with E-state index in [4.69, 9.17) is 27.9 Å². The van der Waals surface area contributed by atoms with Gasteiger partial charge in [0.25, 0.3) is 5.91 Å². The van der Waals surface area contributed by atoms with Gasteiger partial charge in [-0.3, -0.25) is 4.79 Å². The molecule has 2 aromatic rings. The Balaban J connectivity index is 1.65. The Bertz CT molecular complexity index is 927. The molecule has 2 aromatic carbocycles. The van der Waals surface area contributed by atoms with Crippen LogP contribution in [0.15, 0.2) is 47.4 Å². The molecule has 144 valence electrons. The maximum Gasteiger partial charge on any atom is 0.255 e. The fourth-order valence-electron chi connectivity index (χ4n) is 2.66. The molecule has 1 saturated heterocycles. The number of rotatable bonds is 6. The number of carbonyl (C=O) groups is 1. The quantitative estimate of drug-likeness (QED) is 0.734. The first-order valence-electron chi connectivity index (χ1n) is 8.33. The van der Waals surface area contributed by atoms with E-state index in [1.807, 2.05) is 0 Å². The lowest BCUT2D eigenvalue weighted by molar-refractivity contribution is 0.102. The molecule has 1 aliphatic rings. The third-order valence-corrected chi connectivity index (χ3v) is 6.12. The maximum absolute atomic E-state index is 12.3. The fraction of sp³-hybridized carbons (Fsp3) is 0.278. The number of carbonyl (C=O) groups excluding carboxylic acids is 1. The van der Waals surface area contributed by atoms with Crippen molar-refractivity contribution in [1.82, 2.24) is 4.72 Å². The number of halogens is 2. The van der Waals surface area contributed by atoms with Crippen LogP contribution in [0, 0.1) is 0 Å². The van der Waals surface area contributed by atoms with Crippen LogP contribution < -0.4 is 10.0 Å². The molecule has 6 nitrogen and oxygen atoms in total. The summed E-state index contributed by atoms with van der Waals surface area (Å²) in [4.78, 5) is 12.4. The lowest BCUT2D eigenvalue weighted by Gasteiger charge is -2.12. The summed E-state index contributed by atoms with van der Waals surface area (Å²) in [7, 11) is -3.66. The Morgan fingerprint density at radius 3 is 2.52 bits per heavy atom. The van der Waals surface area contributed by atoms with Crippen molar-refractivity contribution in [3.63, 3.8) is 0 Å². The van der Waals surface area contributed by atoms with Crippen LogP contribution in [0.3, 0.4) is 0 Å². The lowest BCUT2D eigenvalue weighted by Crippen LogP contribution is -2.31. The van der Waals surface area contributed by atoms with Crippen molar-refractivity contribution >= 4 is 44.8 Å². The SMILES string of the molecule is O=C(Nc1ccc(Cl)cc1Cl)c1ccc(S(=O)(=O)NC[C@H]2CCCO2)cc1. The van der Waals surface area contributed by atoms with Crippen molar-refractivity contribution in [2.75, 3.05) is 18.5 Å². The molecule has 0 saturated carbocycles. The minimum absolute atomic E-state index is 0.0848. The molecule has 0 aliphatic carbocycles. The summed E-state index contributed by atoms with van der Waals surface area (Å²) in [5.41, 5.74) is 0.722. The van der Waals surface area contributed by atoms with E-state index in [9.17, 15) is 13.2 Å². The van der Waals surface area contributed by atoms with Crippen LogP contribution in [-0.2, 0) is 14.8 Å². The Morgan fingerprint density at radius 1 is 1.15 bits per heavy atom. The number of nitrogens with one attached hydrogen (secondary N) is 2. The molecule has 27 heavy (non-hydrogen) atoms. The zero-order valence-electron chi connectivity index (χ0n) is 14.2. The largest absolute Gasteiger partial charge is 0.377 e. The van der Waals surface area contributed by atoms with Crippen LogP contribution in [0.5, 0.6) is 0 Å². The zero-order chi connectivity index (χ0) is 19.4. The summed E-state index contributed by atoms with van der Waals surface area (Å²) in [6.45, 7) is 0.896. The Labute approximate surface area is 167 Å². The maximum atomic E-state index is 12.3. The molecule has 1 heterocycles. The van der Waals surface area contributed by atoms with Gasteiger partial charge in [-0.2, -0.15) is 0 Å². The molecule has 0 radical (unpaired) electrons. The number of hydrogen-bond donors (Lipinski definition) is 2. The van der Waals surface area contributed by atoms with Crippen LogP contribution in [0.25, 0.3) is 0 Å². The molecule has 1 fully saturated rings. The molecule has 1 aliphatic heterocycles. The summed E-state index contributed by atoms with van der Waals surface area (Å²) in [6.07, 6.45) is 1.69. The molecule has 9 heteroatoms. The molecule has 1 amide bonds. The van der Waals surface area contributed by atoms with E-state index < -0.39 is 15.9 Å². The van der Waals surface area contributed by atoms with Gasteiger partial charge in [0.15, 0.2) is 0 Å². The molecular weight excluding hydrogens is 411 g/mol. The first-order valence-corrected chi connectivity index (χ1v) is 10.6. The molecule has 0 spiro atoms. The molecule has 0 aromatic heterocycles. The van der Waals surface area contributed by atoms with Crippen molar-refractivity contribution in [3.8, 4) is 0 Å². The smallest absolute Gasteiger partial charge is 0.255 e. The van der Waals surface area contributed by atoms with Gasteiger partial charge in [-0.25, -0.2) is 13.1 Å². The highest BCUT2D eigenvalue weighted by Gasteiger charge is 2.20. The second-order valence-electron chi connectivity index (χ2n) is 6.09. The van der Waals surface area contributed by atoms with Gasteiger partial charge in [0, 0.05) is 23.7 Å². The standard InChI is InChI=1S/C18H18Cl2N2O4S/c19-13-5-8-17(16(20)10-13)22-18(23)12-3-6-15(7-4-12)27(24,25)21-11-14-2-1-9-26-14/h3-8,10,14,21H,1-2,9,11H2,(H,22,23)/t14-/m1/s1. The Kier molecular flexibility index (Phi) is 6.39. The summed E-state index contributed by atoms with van der Waals surface area (Å²) >= 11 is 11.9. The fourth-order valence-corrected chi connectivity index (χ4v) is 4.18. The highest BCUT2D eigenvalue weighted by Crippen LogP contribution is 2.26. The van der Waals surface area contributed by atoms with Crippen LogP contribution >= 0.6 is 23.2 Å². The van der Waals surface area contributed by atoms with E-state index in [0.29, 0.717) is 27.9 Å². The van der Waals surface area contributed by atoms with Gasteiger partial charge in [0.05, 0.1) is 21.7 Å². The normalized spacial score (nSPS) is 17.0. The molecule has 3 rings (SSSR count). The predicted molar refractivity (Wildman–Crippen MR) is 105 cm³/mol. The number of ether oxygens (including phenoxy) is 1. The molecular formula is C18H18Cl2N2O4S. The van der Waals surface area contributed by atoms with Crippen molar-refractivity contribution < 1.29 is 17.9 Å². The van der Waals surface area contributed by atoms with Crippen LogP contribution in [0.4, 0.5) is 5.69 Å². The Morgan fingerprint density at radius 2 is 1.89 bits per heavy atom. The van der Waals surface area contributed by atoms with Crippen LogP contribution in [0.2, 0.25) is 10.0 Å². The molecule has 1 atom stereocenters. The average Bonchev–Trinajstić information content (AvgIpc) is 3.16. The van der Waals surface area contributed by atoms with Gasteiger partial charge in [-0.15, -0.1) is 0 Å². The zero-order valence-corrected chi connectivity index (χ0v) is 16.6. The lowest BCUT2D eigenvalue weighted by atomic mass is 10.2. The van der Waals surface area contributed by atoms with Gasteiger partial charge in [0.1, 0.15) is 0 Å². The first kappa shape index (κ1) is 20.1. The molecule has 0 unspecified atom stereocenters. The van der Waals surface area contributed by atoms with Crippen molar-refractivity contribution in [1.29, 1.82) is 0 Å². The van der Waals surface area contributed by atoms with Crippen molar-refractivity contribution in [3.05, 3.63) is 58.1 Å². The predicted octanol–water partition coefficient (Wildman–Crippen LogP) is 3.70. The van der Waals surface area contributed by atoms with E-state index in [2.05, 4.69) is 10.0 Å². The van der Waals surface area contributed by atoms with Crippen LogP contribution in [-0.4, -0.2) is 33.6 Å². The van der Waals surface area contributed by atoms with Gasteiger partial charge in [-0.1, -0.05) is 23.2 Å². The summed E-state index contributed by atoms with van der Waals surface area (Å²) < 4.78 is 32.6. The van der Waals surface area contributed by atoms with E-state index in [1.165, 1.54) is 30.3 Å². The average molecular weight is 429 g/mol. The highest BCUT2D eigenvalue weighted by atomic mass is 35.5. The number of anilines is 1. The van der Waals surface area contributed by atoms with Gasteiger partial charge in [0.2, 0.25) is 10.0 Å². The van der Waals surface area contributed by atoms with E-state index in [0.717, 1.165) is 12.8 Å². The van der Waals surface area contributed by atoms with Gasteiger partial charge >= 0.3 is 0 Å². The minimum Gasteiger partial charge on any atom is -0.377 e. The van der Waals surface area contributed by atoms with Gasteiger partial charge < -0.3 is 10.1 Å². The first-order chi connectivity index (χ1) is 12.8. The van der Waals surface area contributed by atoms with Crippen LogP contribution in [0.1, 0.15) is 23.2 Å².